The number of sulfonamides is 1. The minimum Gasteiger partial charge on any atom is -0.497 e. The van der Waals surface area contributed by atoms with Crippen molar-refractivity contribution in [3.63, 3.8) is 0 Å². The quantitative estimate of drug-likeness (QED) is 0.554. The summed E-state index contributed by atoms with van der Waals surface area (Å²) in [6.07, 6.45) is 0. The number of aromatic nitrogens is 2. The number of methoxy groups -OCH3 is 1. The van der Waals surface area contributed by atoms with Crippen LogP contribution in [0.15, 0.2) is 59.5 Å². The van der Waals surface area contributed by atoms with Crippen LogP contribution in [0.25, 0.3) is 0 Å². The van der Waals surface area contributed by atoms with Gasteiger partial charge in [-0.2, -0.15) is 14.6 Å². The molecule has 4 rings (SSSR count). The second-order valence-corrected chi connectivity index (χ2v) is 10.9. The summed E-state index contributed by atoms with van der Waals surface area (Å²) in [6, 6.07) is 17.5. The molecular formula is C25H28N6O3S. The first-order valence-corrected chi connectivity index (χ1v) is 12.6. The molecule has 1 aliphatic rings. The van der Waals surface area contributed by atoms with E-state index in [0.29, 0.717) is 42.7 Å². The molecule has 1 aromatic heterocycles. The number of hydrogen-bond donors (Lipinski definition) is 1. The lowest BCUT2D eigenvalue weighted by Gasteiger charge is -2.46. The van der Waals surface area contributed by atoms with Crippen LogP contribution in [-0.4, -0.2) is 55.0 Å². The van der Waals surface area contributed by atoms with Crippen LogP contribution in [-0.2, 0) is 10.0 Å². The number of anilines is 3. The number of piperazine rings is 1. The van der Waals surface area contributed by atoms with E-state index in [1.54, 1.807) is 47.8 Å². The minimum atomic E-state index is -3.69. The third-order valence-corrected chi connectivity index (χ3v) is 8.01. The van der Waals surface area contributed by atoms with Crippen molar-refractivity contribution < 1.29 is 13.2 Å². The fraction of sp³-hybridized carbons (Fsp3) is 0.320. The lowest BCUT2D eigenvalue weighted by atomic mass is 10.0. The molecule has 0 saturated carbocycles. The standard InChI is InChI=1S/C25H28N6O3S/c1-18-15-23(28-20-7-5-19(16-26)6-8-20)29-24(27-18)30-13-14-31(25(2,3)17-30)35(32,33)22-11-9-21(34-4)10-12-22/h5-12,15H,13-14,17H2,1-4H3,(H,27,28,29). The van der Waals surface area contributed by atoms with Gasteiger partial charge in [-0.25, -0.2) is 13.4 Å². The van der Waals surface area contributed by atoms with Crippen molar-refractivity contribution in [1.82, 2.24) is 14.3 Å². The number of benzene rings is 2. The molecule has 2 aromatic carbocycles. The second kappa shape index (κ2) is 9.52. The van der Waals surface area contributed by atoms with Crippen molar-refractivity contribution in [2.45, 2.75) is 31.2 Å². The van der Waals surface area contributed by atoms with Crippen LogP contribution in [0, 0.1) is 18.3 Å². The van der Waals surface area contributed by atoms with E-state index in [0.717, 1.165) is 11.4 Å². The average molecular weight is 493 g/mol. The molecule has 0 amide bonds. The van der Waals surface area contributed by atoms with Gasteiger partial charge in [0.05, 0.1) is 23.6 Å². The topological polar surface area (TPSA) is 111 Å². The van der Waals surface area contributed by atoms with Crippen molar-refractivity contribution >= 4 is 27.5 Å². The SMILES string of the molecule is COc1ccc(S(=O)(=O)N2CCN(c3nc(C)cc(Nc4ccc(C#N)cc4)n3)CC2(C)C)cc1. The third kappa shape index (κ3) is 5.21. The van der Waals surface area contributed by atoms with Crippen molar-refractivity contribution in [3.05, 3.63) is 65.9 Å². The summed E-state index contributed by atoms with van der Waals surface area (Å²) in [5.74, 6) is 1.77. The summed E-state index contributed by atoms with van der Waals surface area (Å²) >= 11 is 0. The Kier molecular flexibility index (Phi) is 6.65. The van der Waals surface area contributed by atoms with Crippen LogP contribution in [0.5, 0.6) is 5.75 Å². The Balaban J connectivity index is 1.54. The van der Waals surface area contributed by atoms with E-state index in [1.165, 1.54) is 0 Å². The van der Waals surface area contributed by atoms with Crippen molar-refractivity contribution in [3.8, 4) is 11.8 Å². The summed E-state index contributed by atoms with van der Waals surface area (Å²) in [5, 5.41) is 12.2. The van der Waals surface area contributed by atoms with Gasteiger partial charge in [0.25, 0.3) is 0 Å². The van der Waals surface area contributed by atoms with Crippen LogP contribution in [0.1, 0.15) is 25.1 Å². The lowest BCUT2D eigenvalue weighted by Crippen LogP contribution is -2.61. The largest absolute Gasteiger partial charge is 0.497 e. The Hall–Kier alpha value is -3.68. The second-order valence-electron chi connectivity index (χ2n) is 9.00. The first-order valence-electron chi connectivity index (χ1n) is 11.2. The van der Waals surface area contributed by atoms with Crippen LogP contribution >= 0.6 is 0 Å². The normalized spacial score (nSPS) is 15.9. The smallest absolute Gasteiger partial charge is 0.243 e. The third-order valence-electron chi connectivity index (χ3n) is 5.89. The fourth-order valence-electron chi connectivity index (χ4n) is 4.16. The molecule has 1 aliphatic heterocycles. The molecule has 0 unspecified atom stereocenters. The average Bonchev–Trinajstić information content (AvgIpc) is 2.83. The molecule has 0 spiro atoms. The van der Waals surface area contributed by atoms with Gasteiger partial charge >= 0.3 is 0 Å². The fourth-order valence-corrected chi connectivity index (χ4v) is 5.93. The van der Waals surface area contributed by atoms with Crippen molar-refractivity contribution in [2.75, 3.05) is 37.0 Å². The molecular weight excluding hydrogens is 464 g/mol. The molecule has 182 valence electrons. The molecule has 35 heavy (non-hydrogen) atoms. The van der Waals surface area contributed by atoms with Crippen molar-refractivity contribution in [1.29, 1.82) is 5.26 Å². The monoisotopic (exact) mass is 492 g/mol. The molecule has 9 nitrogen and oxygen atoms in total. The van der Waals surface area contributed by atoms with E-state index in [-0.39, 0.29) is 4.90 Å². The highest BCUT2D eigenvalue weighted by atomic mass is 32.2. The molecule has 0 radical (unpaired) electrons. The van der Waals surface area contributed by atoms with E-state index in [1.807, 2.05) is 43.9 Å². The van der Waals surface area contributed by atoms with Crippen molar-refractivity contribution in [2.24, 2.45) is 0 Å². The van der Waals surface area contributed by atoms with Crippen LogP contribution < -0.4 is 15.0 Å². The van der Waals surface area contributed by atoms with E-state index in [2.05, 4.69) is 21.4 Å². The molecule has 1 saturated heterocycles. The predicted octanol–water partition coefficient (Wildman–Crippen LogP) is 3.70. The van der Waals surface area contributed by atoms with Gasteiger partial charge < -0.3 is 15.0 Å². The number of nitriles is 1. The molecule has 0 atom stereocenters. The zero-order valence-electron chi connectivity index (χ0n) is 20.2. The molecule has 0 bridgehead atoms. The first-order chi connectivity index (χ1) is 16.6. The predicted molar refractivity (Wildman–Crippen MR) is 134 cm³/mol. The number of rotatable bonds is 6. The van der Waals surface area contributed by atoms with E-state index in [9.17, 15) is 8.42 Å². The number of aryl methyl sites for hydroxylation is 1. The lowest BCUT2D eigenvalue weighted by molar-refractivity contribution is 0.204. The van der Waals surface area contributed by atoms with Crippen LogP contribution in [0.4, 0.5) is 17.5 Å². The highest BCUT2D eigenvalue weighted by Crippen LogP contribution is 2.31. The summed E-state index contributed by atoms with van der Waals surface area (Å²) in [7, 11) is -2.14. The number of ether oxygens (including phenoxy) is 1. The summed E-state index contributed by atoms with van der Waals surface area (Å²) < 4.78 is 33.5. The van der Waals surface area contributed by atoms with Gasteiger partial charge in [0.15, 0.2) is 0 Å². The molecule has 0 aliphatic carbocycles. The highest BCUT2D eigenvalue weighted by molar-refractivity contribution is 7.89. The molecule has 2 heterocycles. The maximum Gasteiger partial charge on any atom is 0.243 e. The molecule has 10 heteroatoms. The van der Waals surface area contributed by atoms with E-state index < -0.39 is 15.6 Å². The molecule has 1 N–H and O–H groups in total. The Morgan fingerprint density at radius 3 is 2.34 bits per heavy atom. The highest BCUT2D eigenvalue weighted by Gasteiger charge is 2.42. The van der Waals surface area contributed by atoms with E-state index >= 15 is 0 Å². The van der Waals surface area contributed by atoms with Gasteiger partial charge in [0, 0.05) is 42.6 Å². The minimum absolute atomic E-state index is 0.237. The Morgan fingerprint density at radius 1 is 1.06 bits per heavy atom. The maximum atomic E-state index is 13.4. The Morgan fingerprint density at radius 2 is 1.74 bits per heavy atom. The molecule has 1 fully saturated rings. The van der Waals surface area contributed by atoms with Gasteiger partial charge in [-0.15, -0.1) is 0 Å². The van der Waals surface area contributed by atoms with Gasteiger partial charge in [0.2, 0.25) is 16.0 Å². The zero-order valence-corrected chi connectivity index (χ0v) is 21.0. The number of nitrogens with one attached hydrogen (secondary N) is 1. The maximum absolute atomic E-state index is 13.4. The Bertz CT molecular complexity index is 1350. The van der Waals surface area contributed by atoms with Gasteiger partial charge in [-0.1, -0.05) is 0 Å². The van der Waals surface area contributed by atoms with Crippen LogP contribution in [0.3, 0.4) is 0 Å². The van der Waals surface area contributed by atoms with Crippen LogP contribution in [0.2, 0.25) is 0 Å². The molecule has 3 aromatic rings. The number of hydrogen-bond acceptors (Lipinski definition) is 8. The summed E-state index contributed by atoms with van der Waals surface area (Å²) in [4.78, 5) is 11.5. The van der Waals surface area contributed by atoms with Gasteiger partial charge in [-0.05, 0) is 69.3 Å². The number of nitrogens with zero attached hydrogens (tertiary/aromatic N) is 5. The van der Waals surface area contributed by atoms with Gasteiger partial charge in [-0.3, -0.25) is 0 Å². The summed E-state index contributed by atoms with van der Waals surface area (Å²) in [5.41, 5.74) is 1.49. The van der Waals surface area contributed by atoms with E-state index in [4.69, 9.17) is 10.00 Å². The Labute approximate surface area is 206 Å². The first kappa shape index (κ1) is 24.4. The zero-order chi connectivity index (χ0) is 25.2. The van der Waals surface area contributed by atoms with Gasteiger partial charge in [0.1, 0.15) is 11.6 Å². The summed E-state index contributed by atoms with van der Waals surface area (Å²) in [6.45, 7) is 6.90.